The highest BCUT2D eigenvalue weighted by molar-refractivity contribution is 5.89. The molecule has 25 heavy (non-hydrogen) atoms. The first kappa shape index (κ1) is 19.1. The molecule has 2 N–H and O–H groups in total. The van der Waals surface area contributed by atoms with Crippen LogP contribution < -0.4 is 0 Å². The van der Waals surface area contributed by atoms with Crippen molar-refractivity contribution in [3.05, 3.63) is 41.7 Å². The SMILES string of the molecule is CC(C)N1CCC[C@@H]2c3cccnc3CC[C@@H]21.O=C(O)/C=C\C(=O)O. The first-order valence-electron chi connectivity index (χ1n) is 8.73. The van der Waals surface area contributed by atoms with E-state index >= 15 is 0 Å². The molecule has 1 aromatic heterocycles. The van der Waals surface area contributed by atoms with Gasteiger partial charge in [0.2, 0.25) is 0 Å². The van der Waals surface area contributed by atoms with Gasteiger partial charge in [0.1, 0.15) is 0 Å². The molecule has 0 unspecified atom stereocenters. The van der Waals surface area contributed by atoms with Crippen LogP contribution in [0.3, 0.4) is 0 Å². The number of hydrogen-bond acceptors (Lipinski definition) is 4. The summed E-state index contributed by atoms with van der Waals surface area (Å²) in [7, 11) is 0. The molecule has 0 radical (unpaired) electrons. The summed E-state index contributed by atoms with van der Waals surface area (Å²) >= 11 is 0. The van der Waals surface area contributed by atoms with Crippen molar-refractivity contribution in [1.82, 2.24) is 9.88 Å². The molecule has 3 rings (SSSR count). The number of carboxylic acids is 2. The van der Waals surface area contributed by atoms with Gasteiger partial charge in [0.05, 0.1) is 0 Å². The van der Waals surface area contributed by atoms with Crippen LogP contribution in [0.1, 0.15) is 50.3 Å². The van der Waals surface area contributed by atoms with Crippen LogP contribution in [-0.2, 0) is 16.0 Å². The number of aryl methyl sites for hydroxylation is 1. The Morgan fingerprint density at radius 3 is 2.52 bits per heavy atom. The number of rotatable bonds is 3. The Bertz CT molecular complexity index is 626. The number of nitrogens with zero attached hydrogens (tertiary/aromatic N) is 2. The van der Waals surface area contributed by atoms with Crippen molar-refractivity contribution in [2.45, 2.75) is 57.5 Å². The van der Waals surface area contributed by atoms with Gasteiger partial charge in [0, 0.05) is 42.0 Å². The maximum Gasteiger partial charge on any atom is 0.328 e. The van der Waals surface area contributed by atoms with Crippen LogP contribution in [0.25, 0.3) is 0 Å². The molecule has 1 fully saturated rings. The minimum absolute atomic E-state index is 0.558. The van der Waals surface area contributed by atoms with Crippen molar-refractivity contribution >= 4 is 11.9 Å². The smallest absolute Gasteiger partial charge is 0.328 e. The van der Waals surface area contributed by atoms with Gasteiger partial charge in [-0.25, -0.2) is 9.59 Å². The van der Waals surface area contributed by atoms with E-state index in [2.05, 4.69) is 35.9 Å². The highest BCUT2D eigenvalue weighted by Crippen LogP contribution is 2.40. The summed E-state index contributed by atoms with van der Waals surface area (Å²) in [5.41, 5.74) is 2.90. The lowest BCUT2D eigenvalue weighted by Gasteiger charge is -2.46. The van der Waals surface area contributed by atoms with Crippen LogP contribution >= 0.6 is 0 Å². The van der Waals surface area contributed by atoms with E-state index in [1.165, 1.54) is 43.5 Å². The topological polar surface area (TPSA) is 90.7 Å². The largest absolute Gasteiger partial charge is 0.478 e. The summed E-state index contributed by atoms with van der Waals surface area (Å²) in [6.07, 6.45) is 8.22. The van der Waals surface area contributed by atoms with E-state index in [9.17, 15) is 9.59 Å². The van der Waals surface area contributed by atoms with Crippen LogP contribution in [0.15, 0.2) is 30.5 Å². The molecule has 0 aromatic carbocycles. The number of piperidine rings is 1. The molecule has 1 aliphatic heterocycles. The molecule has 1 aliphatic carbocycles. The number of carbonyl (C=O) groups is 2. The summed E-state index contributed by atoms with van der Waals surface area (Å²) < 4.78 is 0. The molecule has 1 aromatic rings. The van der Waals surface area contributed by atoms with Gasteiger partial charge in [-0.3, -0.25) is 9.88 Å². The number of carboxylic acid groups (broad SMARTS) is 2. The van der Waals surface area contributed by atoms with Gasteiger partial charge in [-0.15, -0.1) is 0 Å². The highest BCUT2D eigenvalue weighted by atomic mass is 16.4. The quantitative estimate of drug-likeness (QED) is 0.818. The van der Waals surface area contributed by atoms with Crippen LogP contribution in [0.5, 0.6) is 0 Å². The molecular weight excluding hydrogens is 320 g/mol. The molecule has 0 saturated carbocycles. The van der Waals surface area contributed by atoms with Crippen LogP contribution in [0.4, 0.5) is 0 Å². The van der Waals surface area contributed by atoms with E-state index in [0.717, 1.165) is 12.0 Å². The molecule has 6 nitrogen and oxygen atoms in total. The lowest BCUT2D eigenvalue weighted by atomic mass is 9.75. The molecule has 2 aliphatic rings. The summed E-state index contributed by atoms with van der Waals surface area (Å²) in [6.45, 7) is 5.96. The Hall–Kier alpha value is -2.21. The number of likely N-dealkylation sites (tertiary alicyclic amines) is 1. The molecule has 136 valence electrons. The minimum atomic E-state index is -1.26. The maximum absolute atomic E-state index is 9.55. The maximum atomic E-state index is 9.55. The molecule has 1 saturated heterocycles. The summed E-state index contributed by atoms with van der Waals surface area (Å²) in [6, 6.07) is 5.86. The van der Waals surface area contributed by atoms with Gasteiger partial charge >= 0.3 is 11.9 Å². The van der Waals surface area contributed by atoms with Crippen molar-refractivity contribution < 1.29 is 19.8 Å². The Morgan fingerprint density at radius 2 is 1.92 bits per heavy atom. The first-order chi connectivity index (χ1) is 11.9. The van der Waals surface area contributed by atoms with E-state index in [4.69, 9.17) is 10.2 Å². The second kappa shape index (κ2) is 8.76. The fourth-order valence-electron chi connectivity index (χ4n) is 3.88. The number of aliphatic carboxylic acids is 2. The van der Waals surface area contributed by atoms with Gasteiger partial charge in [-0.05, 0) is 57.7 Å². The molecular formula is C19H26N2O4. The second-order valence-electron chi connectivity index (χ2n) is 6.74. The standard InChI is InChI=1S/C15H22N2.C4H4O4/c1-11(2)17-10-4-6-13-12-5-3-9-16-14(12)7-8-15(13)17;5-3(6)1-2-4(7)8/h3,5,9,11,13,15H,4,6-8,10H2,1-2H3;1-2H,(H,5,6)(H,7,8)/b;2-1-/t13-,15+;/m1./s1. The van der Waals surface area contributed by atoms with E-state index in [-0.39, 0.29) is 0 Å². The Morgan fingerprint density at radius 1 is 1.24 bits per heavy atom. The Labute approximate surface area is 148 Å². The van der Waals surface area contributed by atoms with Gasteiger partial charge in [-0.2, -0.15) is 0 Å². The van der Waals surface area contributed by atoms with Gasteiger partial charge < -0.3 is 10.2 Å². The zero-order valence-corrected chi connectivity index (χ0v) is 14.8. The third kappa shape index (κ3) is 5.13. The zero-order valence-electron chi connectivity index (χ0n) is 14.8. The zero-order chi connectivity index (χ0) is 18.4. The van der Waals surface area contributed by atoms with Gasteiger partial charge in [0.25, 0.3) is 0 Å². The molecule has 0 bridgehead atoms. The van der Waals surface area contributed by atoms with E-state index in [0.29, 0.717) is 18.2 Å². The number of fused-ring (bicyclic) bond motifs is 3. The van der Waals surface area contributed by atoms with Crippen molar-refractivity contribution in [1.29, 1.82) is 0 Å². The van der Waals surface area contributed by atoms with Gasteiger partial charge in [-0.1, -0.05) is 6.07 Å². The van der Waals surface area contributed by atoms with Crippen molar-refractivity contribution in [3.63, 3.8) is 0 Å². The van der Waals surface area contributed by atoms with Crippen LogP contribution in [0, 0.1) is 0 Å². The monoisotopic (exact) mass is 346 g/mol. The van der Waals surface area contributed by atoms with Crippen molar-refractivity contribution in [2.24, 2.45) is 0 Å². The number of pyridine rings is 1. The average molecular weight is 346 g/mol. The first-order valence-corrected chi connectivity index (χ1v) is 8.73. The second-order valence-corrected chi connectivity index (χ2v) is 6.74. The Kier molecular flexibility index (Phi) is 6.70. The predicted molar refractivity (Wildman–Crippen MR) is 94.6 cm³/mol. The number of hydrogen-bond donors (Lipinski definition) is 2. The summed E-state index contributed by atoms with van der Waals surface area (Å²) in [5.74, 6) is -1.77. The molecule has 6 heteroatoms. The third-order valence-corrected chi connectivity index (χ3v) is 4.86. The molecule has 2 atom stereocenters. The van der Waals surface area contributed by atoms with Crippen LogP contribution in [-0.4, -0.2) is 50.7 Å². The van der Waals surface area contributed by atoms with E-state index < -0.39 is 11.9 Å². The molecule has 2 heterocycles. The predicted octanol–water partition coefficient (Wildman–Crippen LogP) is 2.70. The Balaban J connectivity index is 0.000000242. The molecule has 0 amide bonds. The normalized spacial score (nSPS) is 22.7. The average Bonchev–Trinajstić information content (AvgIpc) is 2.59. The molecule has 0 spiro atoms. The van der Waals surface area contributed by atoms with Crippen molar-refractivity contribution in [3.8, 4) is 0 Å². The lowest BCUT2D eigenvalue weighted by molar-refractivity contribution is -0.134. The fourth-order valence-corrected chi connectivity index (χ4v) is 3.88. The summed E-state index contributed by atoms with van der Waals surface area (Å²) in [5, 5.41) is 15.6. The third-order valence-electron chi connectivity index (χ3n) is 4.86. The fraction of sp³-hybridized carbons (Fsp3) is 0.526. The van der Waals surface area contributed by atoms with E-state index in [1.54, 1.807) is 0 Å². The van der Waals surface area contributed by atoms with E-state index in [1.807, 2.05) is 6.20 Å². The highest BCUT2D eigenvalue weighted by Gasteiger charge is 2.37. The minimum Gasteiger partial charge on any atom is -0.478 e. The lowest BCUT2D eigenvalue weighted by Crippen LogP contribution is -2.49. The summed E-state index contributed by atoms with van der Waals surface area (Å²) in [4.78, 5) is 26.4. The number of aromatic nitrogens is 1. The van der Waals surface area contributed by atoms with Crippen molar-refractivity contribution in [2.75, 3.05) is 6.54 Å². The van der Waals surface area contributed by atoms with Gasteiger partial charge in [0.15, 0.2) is 0 Å². The van der Waals surface area contributed by atoms with Crippen LogP contribution in [0.2, 0.25) is 0 Å².